The number of nitrogens with zero attached hydrogens (tertiary/aromatic N) is 1. The monoisotopic (exact) mass is 326 g/mol. The smallest absolute Gasteiger partial charge is 0.262 e. The van der Waals surface area contributed by atoms with Gasteiger partial charge in [0, 0.05) is 11.6 Å². The van der Waals surface area contributed by atoms with Crippen LogP contribution >= 0.6 is 0 Å². The minimum atomic E-state index is -0.506. The average molecular weight is 326 g/mol. The Balaban J connectivity index is 1.82. The van der Waals surface area contributed by atoms with Crippen molar-refractivity contribution in [2.75, 3.05) is 13.9 Å². The normalized spacial score (nSPS) is 12.6. The highest BCUT2D eigenvalue weighted by Crippen LogP contribution is 2.38. The maximum Gasteiger partial charge on any atom is 0.262 e. The number of amides is 1. The lowest BCUT2D eigenvalue weighted by atomic mass is 10.1. The number of ether oxygens (including phenoxy) is 3. The number of fused-ring (bicyclic) bond motifs is 1. The van der Waals surface area contributed by atoms with Crippen molar-refractivity contribution in [3.8, 4) is 23.3 Å². The molecule has 7 nitrogen and oxygen atoms in total. The van der Waals surface area contributed by atoms with Crippen molar-refractivity contribution >= 4 is 12.0 Å². The molecule has 0 bridgehead atoms. The van der Waals surface area contributed by atoms with Crippen molar-refractivity contribution in [2.24, 2.45) is 0 Å². The fourth-order valence-electron chi connectivity index (χ4n) is 2.21. The van der Waals surface area contributed by atoms with E-state index in [4.69, 9.17) is 18.6 Å². The molecule has 0 spiro atoms. The summed E-state index contributed by atoms with van der Waals surface area (Å²) in [7, 11) is 1.50. The molecule has 24 heavy (non-hydrogen) atoms. The first-order chi connectivity index (χ1) is 11.7. The second kappa shape index (κ2) is 6.79. The second-order valence-corrected chi connectivity index (χ2v) is 4.88. The fourth-order valence-corrected chi connectivity index (χ4v) is 2.21. The topological polar surface area (TPSA) is 93.7 Å². The van der Waals surface area contributed by atoms with Gasteiger partial charge in [-0.2, -0.15) is 5.26 Å². The van der Waals surface area contributed by atoms with Gasteiger partial charge in [0.05, 0.1) is 19.9 Å². The minimum absolute atomic E-state index is 0.0567. The number of carbonyl (C=O) groups is 1. The molecule has 7 heteroatoms. The summed E-state index contributed by atoms with van der Waals surface area (Å²) in [6.07, 6.45) is 2.96. The van der Waals surface area contributed by atoms with Crippen LogP contribution in [0.15, 0.2) is 40.5 Å². The standard InChI is InChI=1S/C17H14N2O5/c1-21-14-7-16-15(23-10-24-16)6-11(14)5-12(8-18)17(20)19-9-13-3-2-4-22-13/h2-7H,9-10H2,1H3,(H,19,20)/b12-5+. The van der Waals surface area contributed by atoms with Crippen molar-refractivity contribution in [3.05, 3.63) is 47.4 Å². The molecule has 0 atom stereocenters. The molecule has 1 aliphatic heterocycles. The zero-order valence-electron chi connectivity index (χ0n) is 12.9. The quantitative estimate of drug-likeness (QED) is 0.669. The third-order valence-corrected chi connectivity index (χ3v) is 3.39. The summed E-state index contributed by atoms with van der Waals surface area (Å²) >= 11 is 0. The molecule has 1 aromatic carbocycles. The largest absolute Gasteiger partial charge is 0.496 e. The molecular formula is C17H14N2O5. The van der Waals surface area contributed by atoms with Crippen molar-refractivity contribution in [3.63, 3.8) is 0 Å². The average Bonchev–Trinajstić information content (AvgIpc) is 3.27. The van der Waals surface area contributed by atoms with Crippen LogP contribution in [0.5, 0.6) is 17.2 Å². The predicted octanol–water partition coefficient (Wildman–Crippen LogP) is 2.24. The van der Waals surface area contributed by atoms with E-state index in [1.807, 2.05) is 6.07 Å². The first kappa shape index (κ1) is 15.5. The van der Waals surface area contributed by atoms with Crippen LogP contribution in [0.1, 0.15) is 11.3 Å². The molecular weight excluding hydrogens is 312 g/mol. The van der Waals surface area contributed by atoms with Gasteiger partial charge in [-0.25, -0.2) is 0 Å². The number of carbonyl (C=O) groups excluding carboxylic acids is 1. The number of furan rings is 1. The van der Waals surface area contributed by atoms with Crippen molar-refractivity contribution in [2.45, 2.75) is 6.54 Å². The maximum atomic E-state index is 12.2. The van der Waals surface area contributed by atoms with Gasteiger partial charge in [-0.05, 0) is 24.3 Å². The Morgan fingerprint density at radius 1 is 1.42 bits per heavy atom. The van der Waals surface area contributed by atoms with Gasteiger partial charge in [0.2, 0.25) is 6.79 Å². The zero-order chi connectivity index (χ0) is 16.9. The van der Waals surface area contributed by atoms with Crippen LogP contribution in [0.4, 0.5) is 0 Å². The highest BCUT2D eigenvalue weighted by molar-refractivity contribution is 6.02. The molecule has 0 saturated heterocycles. The molecule has 0 saturated carbocycles. The summed E-state index contributed by atoms with van der Waals surface area (Å²) < 4.78 is 21.0. The van der Waals surface area contributed by atoms with Gasteiger partial charge < -0.3 is 23.9 Å². The van der Waals surface area contributed by atoms with Crippen LogP contribution in [0.3, 0.4) is 0 Å². The number of nitriles is 1. The summed E-state index contributed by atoms with van der Waals surface area (Å²) in [6.45, 7) is 0.323. The Labute approximate surface area is 138 Å². The van der Waals surface area contributed by atoms with Crippen molar-refractivity contribution < 1.29 is 23.4 Å². The van der Waals surface area contributed by atoms with Crippen LogP contribution in [0.25, 0.3) is 6.08 Å². The highest BCUT2D eigenvalue weighted by atomic mass is 16.7. The first-order valence-electron chi connectivity index (χ1n) is 7.11. The Bertz CT molecular complexity index is 818. The van der Waals surface area contributed by atoms with Gasteiger partial charge >= 0.3 is 0 Å². The predicted molar refractivity (Wildman–Crippen MR) is 83.3 cm³/mol. The maximum absolute atomic E-state index is 12.2. The summed E-state index contributed by atoms with van der Waals surface area (Å²) in [6, 6.07) is 8.67. The molecule has 0 fully saturated rings. The van der Waals surface area contributed by atoms with Crippen LogP contribution in [-0.2, 0) is 11.3 Å². The summed E-state index contributed by atoms with van der Waals surface area (Å²) in [5.74, 6) is 1.67. The van der Waals surface area contributed by atoms with E-state index < -0.39 is 5.91 Å². The molecule has 0 aliphatic carbocycles. The molecule has 122 valence electrons. The SMILES string of the molecule is COc1cc2c(cc1/C=C(\C#N)C(=O)NCc1ccco1)OCO2. The van der Waals surface area contributed by atoms with Crippen LogP contribution in [0, 0.1) is 11.3 Å². The molecule has 2 aromatic rings. The number of methoxy groups -OCH3 is 1. The third kappa shape index (κ3) is 3.17. The second-order valence-electron chi connectivity index (χ2n) is 4.88. The summed E-state index contributed by atoms with van der Waals surface area (Å²) in [5.41, 5.74) is 0.491. The number of benzene rings is 1. The van der Waals surface area contributed by atoms with Gasteiger partial charge in [-0.15, -0.1) is 0 Å². The lowest BCUT2D eigenvalue weighted by Gasteiger charge is -2.07. The van der Waals surface area contributed by atoms with E-state index in [0.717, 1.165) is 0 Å². The Kier molecular flexibility index (Phi) is 4.38. The van der Waals surface area contributed by atoms with E-state index in [1.165, 1.54) is 19.4 Å². The van der Waals surface area contributed by atoms with Crippen molar-refractivity contribution in [1.29, 1.82) is 5.26 Å². The van der Waals surface area contributed by atoms with Gasteiger partial charge in [-0.3, -0.25) is 4.79 Å². The van der Waals surface area contributed by atoms with Crippen molar-refractivity contribution in [1.82, 2.24) is 5.32 Å². The van der Waals surface area contributed by atoms with Gasteiger partial charge in [0.25, 0.3) is 5.91 Å². The van der Waals surface area contributed by atoms with E-state index >= 15 is 0 Å². The van der Waals surface area contributed by atoms with E-state index in [-0.39, 0.29) is 18.9 Å². The summed E-state index contributed by atoms with van der Waals surface area (Å²) in [5, 5.41) is 11.9. The number of nitrogens with one attached hydrogen (secondary N) is 1. The third-order valence-electron chi connectivity index (χ3n) is 3.39. The number of rotatable bonds is 5. The molecule has 0 radical (unpaired) electrons. The Morgan fingerprint density at radius 2 is 2.21 bits per heavy atom. The van der Waals surface area contributed by atoms with Crippen LogP contribution in [-0.4, -0.2) is 19.8 Å². The molecule has 1 amide bonds. The van der Waals surface area contributed by atoms with Gasteiger partial charge in [-0.1, -0.05) is 0 Å². The fraction of sp³-hybridized carbons (Fsp3) is 0.176. The number of hydrogen-bond acceptors (Lipinski definition) is 6. The molecule has 2 heterocycles. The lowest BCUT2D eigenvalue weighted by Crippen LogP contribution is -2.23. The van der Waals surface area contributed by atoms with E-state index in [2.05, 4.69) is 5.32 Å². The Morgan fingerprint density at radius 3 is 2.88 bits per heavy atom. The highest BCUT2D eigenvalue weighted by Gasteiger charge is 2.18. The van der Waals surface area contributed by atoms with Gasteiger partial charge in [0.1, 0.15) is 23.2 Å². The van der Waals surface area contributed by atoms with E-state index in [0.29, 0.717) is 28.6 Å². The summed E-state index contributed by atoms with van der Waals surface area (Å²) in [4.78, 5) is 12.2. The minimum Gasteiger partial charge on any atom is -0.496 e. The molecule has 1 aliphatic rings. The molecule has 1 aromatic heterocycles. The lowest BCUT2D eigenvalue weighted by molar-refractivity contribution is -0.117. The van der Waals surface area contributed by atoms with Crippen LogP contribution < -0.4 is 19.5 Å². The molecule has 0 unspecified atom stereocenters. The molecule has 1 N–H and O–H groups in total. The molecule has 3 rings (SSSR count). The van der Waals surface area contributed by atoms with Crippen LogP contribution in [0.2, 0.25) is 0 Å². The number of hydrogen-bond donors (Lipinski definition) is 1. The van der Waals surface area contributed by atoms with Gasteiger partial charge in [0.15, 0.2) is 11.5 Å². The Hall–Kier alpha value is -3.40. The van der Waals surface area contributed by atoms with E-state index in [9.17, 15) is 10.1 Å². The zero-order valence-corrected chi connectivity index (χ0v) is 12.9. The van der Waals surface area contributed by atoms with E-state index in [1.54, 1.807) is 24.3 Å². The first-order valence-corrected chi connectivity index (χ1v) is 7.11.